The fourth-order valence-electron chi connectivity index (χ4n) is 1.79. The zero-order valence-corrected chi connectivity index (χ0v) is 11.7. The lowest BCUT2D eigenvalue weighted by atomic mass is 10.0. The van der Waals surface area contributed by atoms with Gasteiger partial charge >= 0.3 is 5.97 Å². The SMILES string of the molecule is CSc1nnc(SC2CCC(N)(C(=O)O)C2)s1. The van der Waals surface area contributed by atoms with Crippen molar-refractivity contribution < 1.29 is 9.90 Å². The number of rotatable bonds is 4. The largest absolute Gasteiger partial charge is 0.480 e. The van der Waals surface area contributed by atoms with Crippen LogP contribution in [0.3, 0.4) is 0 Å². The van der Waals surface area contributed by atoms with Gasteiger partial charge in [-0.05, 0) is 25.5 Å². The molecule has 8 heteroatoms. The number of aliphatic carboxylic acids is 1. The molecule has 2 rings (SSSR count). The summed E-state index contributed by atoms with van der Waals surface area (Å²) in [7, 11) is 0. The number of hydrogen-bond donors (Lipinski definition) is 2. The quantitative estimate of drug-likeness (QED) is 0.816. The van der Waals surface area contributed by atoms with Gasteiger partial charge in [-0.3, -0.25) is 4.79 Å². The van der Waals surface area contributed by atoms with E-state index < -0.39 is 11.5 Å². The lowest BCUT2D eigenvalue weighted by Gasteiger charge is -2.17. The molecule has 0 amide bonds. The second-order valence-corrected chi connectivity index (χ2v) is 7.56. The van der Waals surface area contributed by atoms with Crippen molar-refractivity contribution in [1.82, 2.24) is 10.2 Å². The second kappa shape index (κ2) is 5.13. The highest BCUT2D eigenvalue weighted by atomic mass is 32.2. The lowest BCUT2D eigenvalue weighted by molar-refractivity contribution is -0.143. The van der Waals surface area contributed by atoms with E-state index in [1.54, 1.807) is 34.9 Å². The lowest BCUT2D eigenvalue weighted by Crippen LogP contribution is -2.45. The highest BCUT2D eigenvalue weighted by Crippen LogP contribution is 2.40. The van der Waals surface area contributed by atoms with Crippen molar-refractivity contribution in [3.05, 3.63) is 0 Å². The molecule has 1 aromatic heterocycles. The highest BCUT2D eigenvalue weighted by Gasteiger charge is 2.42. The third kappa shape index (κ3) is 2.93. The average molecular weight is 291 g/mol. The Kier molecular flexibility index (Phi) is 3.96. The molecule has 1 aliphatic rings. The third-order valence-electron chi connectivity index (χ3n) is 2.76. The number of nitrogens with zero attached hydrogens (tertiary/aromatic N) is 2. The van der Waals surface area contributed by atoms with Gasteiger partial charge < -0.3 is 10.8 Å². The molecule has 0 radical (unpaired) electrons. The van der Waals surface area contributed by atoms with Crippen LogP contribution in [0.1, 0.15) is 19.3 Å². The van der Waals surface area contributed by atoms with E-state index in [9.17, 15) is 4.79 Å². The van der Waals surface area contributed by atoms with Crippen molar-refractivity contribution in [2.45, 2.75) is 38.7 Å². The first-order valence-corrected chi connectivity index (χ1v) is 8.02. The van der Waals surface area contributed by atoms with Crippen LogP contribution in [-0.2, 0) is 4.79 Å². The van der Waals surface area contributed by atoms with Crippen LogP contribution in [0.15, 0.2) is 8.68 Å². The molecule has 1 saturated carbocycles. The third-order valence-corrected chi connectivity index (χ3v) is 6.01. The summed E-state index contributed by atoms with van der Waals surface area (Å²) in [5.74, 6) is -0.900. The maximum atomic E-state index is 11.0. The number of carboxylic acids is 1. The van der Waals surface area contributed by atoms with Gasteiger partial charge in [0.1, 0.15) is 5.54 Å². The molecule has 17 heavy (non-hydrogen) atoms. The predicted molar refractivity (Wildman–Crippen MR) is 69.7 cm³/mol. The Bertz CT molecular complexity index is 425. The van der Waals surface area contributed by atoms with Crippen molar-refractivity contribution in [2.75, 3.05) is 6.26 Å². The number of thioether (sulfide) groups is 2. The van der Waals surface area contributed by atoms with Gasteiger partial charge in [-0.2, -0.15) is 0 Å². The minimum atomic E-state index is -1.05. The Balaban J connectivity index is 1.96. The fraction of sp³-hybridized carbons (Fsp3) is 0.667. The maximum absolute atomic E-state index is 11.0. The summed E-state index contributed by atoms with van der Waals surface area (Å²) >= 11 is 4.70. The van der Waals surface area contributed by atoms with Crippen molar-refractivity contribution >= 4 is 40.8 Å². The zero-order valence-electron chi connectivity index (χ0n) is 9.25. The first-order valence-electron chi connectivity index (χ1n) is 5.10. The van der Waals surface area contributed by atoms with Gasteiger partial charge in [0.05, 0.1) is 0 Å². The van der Waals surface area contributed by atoms with E-state index in [4.69, 9.17) is 10.8 Å². The molecule has 1 heterocycles. The van der Waals surface area contributed by atoms with E-state index >= 15 is 0 Å². The van der Waals surface area contributed by atoms with Crippen LogP contribution in [0.2, 0.25) is 0 Å². The Labute approximate surface area is 112 Å². The zero-order chi connectivity index (χ0) is 12.5. The molecule has 1 fully saturated rings. The number of aromatic nitrogens is 2. The van der Waals surface area contributed by atoms with Crippen molar-refractivity contribution in [3.8, 4) is 0 Å². The molecule has 5 nitrogen and oxygen atoms in total. The summed E-state index contributed by atoms with van der Waals surface area (Å²) < 4.78 is 1.83. The fourth-order valence-corrected chi connectivity index (χ4v) is 4.78. The van der Waals surface area contributed by atoms with E-state index in [1.165, 1.54) is 0 Å². The van der Waals surface area contributed by atoms with Crippen LogP contribution in [0, 0.1) is 0 Å². The molecule has 3 N–H and O–H groups in total. The van der Waals surface area contributed by atoms with Crippen LogP contribution in [0.25, 0.3) is 0 Å². The Hall–Kier alpha value is -0.310. The maximum Gasteiger partial charge on any atom is 0.323 e. The normalized spacial score (nSPS) is 28.5. The molecule has 0 spiro atoms. The predicted octanol–water partition coefficient (Wildman–Crippen LogP) is 1.69. The molecular formula is C9H13N3O2S3. The number of carbonyl (C=O) groups is 1. The van der Waals surface area contributed by atoms with Crippen LogP contribution in [-0.4, -0.2) is 38.3 Å². The van der Waals surface area contributed by atoms with Gasteiger partial charge in [-0.25, -0.2) is 0 Å². The van der Waals surface area contributed by atoms with Crippen LogP contribution in [0.5, 0.6) is 0 Å². The summed E-state index contributed by atoms with van der Waals surface area (Å²) in [5, 5.41) is 17.3. The van der Waals surface area contributed by atoms with Crippen LogP contribution < -0.4 is 5.73 Å². The minimum Gasteiger partial charge on any atom is -0.480 e. The Morgan fingerprint density at radius 3 is 2.82 bits per heavy atom. The van der Waals surface area contributed by atoms with Crippen molar-refractivity contribution in [2.24, 2.45) is 5.73 Å². The molecular weight excluding hydrogens is 278 g/mol. The minimum absolute atomic E-state index is 0.235. The first kappa shape index (κ1) is 13.1. The summed E-state index contributed by atoms with van der Waals surface area (Å²) in [5.41, 5.74) is 4.78. The van der Waals surface area contributed by atoms with Gasteiger partial charge in [0, 0.05) is 5.25 Å². The van der Waals surface area contributed by atoms with Crippen molar-refractivity contribution in [1.29, 1.82) is 0 Å². The van der Waals surface area contributed by atoms with Crippen LogP contribution in [0.4, 0.5) is 0 Å². The van der Waals surface area contributed by atoms with Gasteiger partial charge in [-0.1, -0.05) is 34.9 Å². The van der Waals surface area contributed by atoms with E-state index in [1.807, 2.05) is 6.26 Å². The molecule has 0 aromatic carbocycles. The number of carboxylic acid groups (broad SMARTS) is 1. The smallest absolute Gasteiger partial charge is 0.323 e. The van der Waals surface area contributed by atoms with Gasteiger partial charge in [0.25, 0.3) is 0 Å². The van der Waals surface area contributed by atoms with Crippen molar-refractivity contribution in [3.63, 3.8) is 0 Å². The molecule has 0 saturated heterocycles. The molecule has 0 aliphatic heterocycles. The summed E-state index contributed by atoms with van der Waals surface area (Å²) in [6.07, 6.45) is 3.82. The van der Waals surface area contributed by atoms with E-state index in [-0.39, 0.29) is 5.25 Å². The number of hydrogen-bond acceptors (Lipinski definition) is 7. The number of nitrogens with two attached hydrogens (primary N) is 1. The topological polar surface area (TPSA) is 89.1 Å². The summed E-state index contributed by atoms with van der Waals surface area (Å²) in [6.45, 7) is 0. The van der Waals surface area contributed by atoms with Gasteiger partial charge in [-0.15, -0.1) is 10.2 Å². The second-order valence-electron chi connectivity index (χ2n) is 3.98. The molecule has 1 aliphatic carbocycles. The average Bonchev–Trinajstić information content (AvgIpc) is 2.87. The van der Waals surface area contributed by atoms with Gasteiger partial charge in [0.2, 0.25) is 0 Å². The molecule has 2 atom stereocenters. The summed E-state index contributed by atoms with van der Waals surface area (Å²) in [6, 6.07) is 0. The van der Waals surface area contributed by atoms with Gasteiger partial charge in [0.15, 0.2) is 8.68 Å². The standard InChI is InChI=1S/C9H13N3O2S3/c1-15-7-11-12-8(17-7)16-5-2-3-9(10,4-5)6(13)14/h5H,2-4,10H2,1H3,(H,13,14). The first-order chi connectivity index (χ1) is 8.03. The van der Waals surface area contributed by atoms with E-state index in [0.29, 0.717) is 12.8 Å². The Morgan fingerprint density at radius 1 is 1.59 bits per heavy atom. The van der Waals surface area contributed by atoms with E-state index in [0.717, 1.165) is 15.1 Å². The molecule has 1 aromatic rings. The van der Waals surface area contributed by atoms with E-state index in [2.05, 4.69) is 10.2 Å². The summed E-state index contributed by atoms with van der Waals surface area (Å²) in [4.78, 5) is 11.0. The monoisotopic (exact) mass is 291 g/mol. The molecule has 2 unspecified atom stereocenters. The highest BCUT2D eigenvalue weighted by molar-refractivity contribution is 8.03. The molecule has 0 bridgehead atoms. The van der Waals surface area contributed by atoms with Crippen LogP contribution >= 0.6 is 34.9 Å². The Morgan fingerprint density at radius 2 is 2.29 bits per heavy atom. The molecule has 94 valence electrons.